The highest BCUT2D eigenvalue weighted by Gasteiger charge is 2.18. The molecule has 0 aliphatic carbocycles. The van der Waals surface area contributed by atoms with Crippen LogP contribution < -0.4 is 0 Å². The number of aromatic nitrogens is 2. The molecule has 9 aromatic carbocycles. The molecule has 3 nitrogen and oxygen atoms in total. The van der Waals surface area contributed by atoms with Crippen LogP contribution >= 0.6 is 0 Å². The van der Waals surface area contributed by atoms with Crippen LogP contribution in [0, 0.1) is 0 Å². The lowest BCUT2D eigenvalue weighted by Crippen LogP contribution is -1.97. The van der Waals surface area contributed by atoms with Crippen molar-refractivity contribution in [1.82, 2.24) is 9.97 Å². The number of hydrogen-bond donors (Lipinski definition) is 0. The Bertz CT molecular complexity index is 3310. The molecule has 0 aliphatic rings. The first-order chi connectivity index (χ1) is 28.2. The molecular formula is C54H34N2O. The Morgan fingerprint density at radius 3 is 1.68 bits per heavy atom. The van der Waals surface area contributed by atoms with Crippen LogP contribution in [0.1, 0.15) is 0 Å². The molecule has 0 saturated heterocycles. The highest BCUT2D eigenvalue weighted by atomic mass is 16.3. The topological polar surface area (TPSA) is 38.9 Å². The minimum Gasteiger partial charge on any atom is -0.455 e. The van der Waals surface area contributed by atoms with Crippen molar-refractivity contribution in [3.63, 3.8) is 0 Å². The fourth-order valence-corrected chi connectivity index (χ4v) is 8.21. The fourth-order valence-electron chi connectivity index (χ4n) is 8.21. The molecule has 266 valence electrons. The van der Waals surface area contributed by atoms with Crippen molar-refractivity contribution in [3.8, 4) is 67.3 Å². The van der Waals surface area contributed by atoms with E-state index < -0.39 is 0 Å². The van der Waals surface area contributed by atoms with Gasteiger partial charge in [0.2, 0.25) is 0 Å². The summed E-state index contributed by atoms with van der Waals surface area (Å²) >= 11 is 0. The number of rotatable bonds is 6. The molecule has 0 unspecified atom stereocenters. The molecule has 0 bridgehead atoms. The third kappa shape index (κ3) is 5.94. The predicted octanol–water partition coefficient (Wildman–Crippen LogP) is 14.7. The molecule has 2 aromatic heterocycles. The van der Waals surface area contributed by atoms with Gasteiger partial charge in [0.1, 0.15) is 11.2 Å². The Balaban J connectivity index is 1.15. The van der Waals surface area contributed by atoms with Gasteiger partial charge in [-0.15, -0.1) is 0 Å². The van der Waals surface area contributed by atoms with Gasteiger partial charge < -0.3 is 4.42 Å². The van der Waals surface area contributed by atoms with Crippen LogP contribution in [-0.2, 0) is 0 Å². The summed E-state index contributed by atoms with van der Waals surface area (Å²) in [5.41, 5.74) is 13.0. The van der Waals surface area contributed by atoms with E-state index in [2.05, 4.69) is 176 Å². The molecule has 3 heteroatoms. The molecule has 57 heavy (non-hydrogen) atoms. The summed E-state index contributed by atoms with van der Waals surface area (Å²) in [5.74, 6) is 0.674. The first-order valence-electron chi connectivity index (χ1n) is 19.3. The van der Waals surface area contributed by atoms with E-state index in [0.29, 0.717) is 5.82 Å². The van der Waals surface area contributed by atoms with Crippen molar-refractivity contribution in [2.45, 2.75) is 0 Å². The fraction of sp³-hybridized carbons (Fsp3) is 0. The second-order valence-electron chi connectivity index (χ2n) is 14.6. The molecule has 2 heterocycles. The summed E-state index contributed by atoms with van der Waals surface area (Å²) in [4.78, 5) is 10.6. The van der Waals surface area contributed by atoms with Gasteiger partial charge in [-0.3, -0.25) is 0 Å². The molecular weight excluding hydrogens is 693 g/mol. The smallest absolute Gasteiger partial charge is 0.160 e. The summed E-state index contributed by atoms with van der Waals surface area (Å²) in [5, 5.41) is 7.04. The van der Waals surface area contributed by atoms with Crippen LogP contribution in [0.2, 0.25) is 0 Å². The molecule has 11 aromatic rings. The molecule has 0 spiro atoms. The minimum absolute atomic E-state index is 0.674. The summed E-state index contributed by atoms with van der Waals surface area (Å²) < 4.78 is 6.60. The maximum absolute atomic E-state index is 6.60. The second kappa shape index (κ2) is 13.6. The molecule has 0 radical (unpaired) electrons. The van der Waals surface area contributed by atoms with E-state index in [1.165, 1.54) is 21.5 Å². The maximum Gasteiger partial charge on any atom is 0.160 e. The number of fused-ring (bicyclic) bond motifs is 5. The number of benzene rings is 9. The van der Waals surface area contributed by atoms with E-state index >= 15 is 0 Å². The zero-order chi connectivity index (χ0) is 37.7. The van der Waals surface area contributed by atoms with E-state index in [-0.39, 0.29) is 0 Å². The second-order valence-corrected chi connectivity index (χ2v) is 14.6. The average molecular weight is 727 g/mol. The van der Waals surface area contributed by atoms with Crippen molar-refractivity contribution >= 4 is 43.5 Å². The first kappa shape index (κ1) is 32.8. The van der Waals surface area contributed by atoms with Crippen LogP contribution in [-0.4, -0.2) is 9.97 Å². The SMILES string of the molecule is c1ccc(-c2nc(-c3cc(-c4ccc5ccccc5c4)cc(-c4cccc5c4oc4ccccc45)c3)cc(-c3ccccc3-c3ccc4ccccc4c3)n2)cc1. The van der Waals surface area contributed by atoms with Gasteiger partial charge in [-0.1, -0.05) is 164 Å². The lowest BCUT2D eigenvalue weighted by molar-refractivity contribution is 0.670. The van der Waals surface area contributed by atoms with Gasteiger partial charge >= 0.3 is 0 Å². The number of furan rings is 1. The molecule has 0 amide bonds. The van der Waals surface area contributed by atoms with Crippen LogP contribution in [0.25, 0.3) is 111 Å². The van der Waals surface area contributed by atoms with Gasteiger partial charge in [0.15, 0.2) is 5.82 Å². The van der Waals surface area contributed by atoms with Crippen molar-refractivity contribution in [1.29, 1.82) is 0 Å². The van der Waals surface area contributed by atoms with E-state index in [0.717, 1.165) is 83.4 Å². The van der Waals surface area contributed by atoms with Crippen molar-refractivity contribution in [2.75, 3.05) is 0 Å². The third-order valence-electron chi connectivity index (χ3n) is 11.0. The Morgan fingerprint density at radius 2 is 0.877 bits per heavy atom. The lowest BCUT2D eigenvalue weighted by atomic mass is 9.92. The van der Waals surface area contributed by atoms with E-state index in [1.807, 2.05) is 30.3 Å². The highest BCUT2D eigenvalue weighted by molar-refractivity contribution is 6.10. The van der Waals surface area contributed by atoms with Crippen molar-refractivity contribution in [3.05, 3.63) is 206 Å². The van der Waals surface area contributed by atoms with Gasteiger partial charge in [0, 0.05) is 33.0 Å². The molecule has 0 fully saturated rings. The third-order valence-corrected chi connectivity index (χ3v) is 11.0. The summed E-state index contributed by atoms with van der Waals surface area (Å²) in [6.07, 6.45) is 0. The highest BCUT2D eigenvalue weighted by Crippen LogP contribution is 2.41. The van der Waals surface area contributed by atoms with Crippen LogP contribution in [0.3, 0.4) is 0 Å². The number of para-hydroxylation sites is 2. The van der Waals surface area contributed by atoms with Crippen molar-refractivity contribution < 1.29 is 4.42 Å². The molecule has 0 aliphatic heterocycles. The molecule has 0 N–H and O–H groups in total. The minimum atomic E-state index is 0.674. The number of hydrogen-bond acceptors (Lipinski definition) is 3. The Kier molecular flexibility index (Phi) is 7.82. The summed E-state index contributed by atoms with van der Waals surface area (Å²) in [6, 6.07) is 72.9. The molecule has 0 atom stereocenters. The summed E-state index contributed by atoms with van der Waals surface area (Å²) in [7, 11) is 0. The summed E-state index contributed by atoms with van der Waals surface area (Å²) in [6.45, 7) is 0. The van der Waals surface area contributed by atoms with Gasteiger partial charge in [-0.05, 0) is 91.8 Å². The quantitative estimate of drug-likeness (QED) is 0.171. The van der Waals surface area contributed by atoms with Gasteiger partial charge in [-0.25, -0.2) is 9.97 Å². The average Bonchev–Trinajstić information content (AvgIpc) is 3.68. The van der Waals surface area contributed by atoms with Crippen LogP contribution in [0.15, 0.2) is 211 Å². The lowest BCUT2D eigenvalue weighted by Gasteiger charge is -2.15. The van der Waals surface area contributed by atoms with Gasteiger partial charge in [-0.2, -0.15) is 0 Å². The zero-order valence-electron chi connectivity index (χ0n) is 30.9. The zero-order valence-corrected chi connectivity index (χ0v) is 30.9. The Morgan fingerprint density at radius 1 is 0.298 bits per heavy atom. The standard InChI is InChI=1S/C54H34N2O/c1-2-15-37(16-3-1)54-55-50(34-51(56-54)47-20-9-8-19-45(47)41-28-26-36-14-5-7-18-39(36)30-41)44-32-42(40-27-25-35-13-4-6-17-38(35)29-40)31-43(33-44)46-22-12-23-49-48-21-10-11-24-52(48)57-53(46)49/h1-34H. The number of nitrogens with zero attached hydrogens (tertiary/aromatic N) is 2. The largest absolute Gasteiger partial charge is 0.455 e. The first-order valence-corrected chi connectivity index (χ1v) is 19.3. The van der Waals surface area contributed by atoms with E-state index in [1.54, 1.807) is 0 Å². The Labute approximate surface area is 330 Å². The van der Waals surface area contributed by atoms with Gasteiger partial charge in [0.05, 0.1) is 11.4 Å². The van der Waals surface area contributed by atoms with Crippen LogP contribution in [0.5, 0.6) is 0 Å². The van der Waals surface area contributed by atoms with Crippen molar-refractivity contribution in [2.24, 2.45) is 0 Å². The van der Waals surface area contributed by atoms with Crippen LogP contribution in [0.4, 0.5) is 0 Å². The molecule has 0 saturated carbocycles. The monoisotopic (exact) mass is 726 g/mol. The Hall–Kier alpha value is -7.62. The predicted molar refractivity (Wildman–Crippen MR) is 237 cm³/mol. The van der Waals surface area contributed by atoms with E-state index in [9.17, 15) is 0 Å². The normalized spacial score (nSPS) is 11.5. The van der Waals surface area contributed by atoms with E-state index in [4.69, 9.17) is 14.4 Å². The molecule has 11 rings (SSSR count). The van der Waals surface area contributed by atoms with Gasteiger partial charge in [0.25, 0.3) is 0 Å². The maximum atomic E-state index is 6.60.